The Balaban J connectivity index is 0. The molecule has 23 valence electrons. The molecule has 0 rings (SSSR count). The second-order valence-corrected chi connectivity index (χ2v) is 0.224. The molecule has 0 amide bonds. The van der Waals surface area contributed by atoms with Crippen LogP contribution in [0.3, 0.4) is 0 Å². The average molecular weight is 100.0 g/mol. The van der Waals surface area contributed by atoms with Gasteiger partial charge in [-0.15, -0.1) is 0 Å². The van der Waals surface area contributed by atoms with Crippen LogP contribution in [-0.2, 0) is 16.8 Å². The van der Waals surface area contributed by atoms with E-state index < -0.39 is 0 Å². The first-order valence-corrected chi connectivity index (χ1v) is 0.724. The minimum Gasteiger partial charge on any atom is -0.199 e. The van der Waals surface area contributed by atoms with E-state index in [0.717, 1.165) is 0 Å². The van der Waals surface area contributed by atoms with Gasteiger partial charge >= 0.3 is 16.8 Å². The van der Waals surface area contributed by atoms with E-state index >= 15 is 0 Å². The second kappa shape index (κ2) is 12.0. The van der Waals surface area contributed by atoms with Crippen LogP contribution in [0, 0.1) is 11.3 Å². The van der Waals surface area contributed by atoms with Gasteiger partial charge in [0.2, 0.25) is 0 Å². The van der Waals surface area contributed by atoms with Crippen molar-refractivity contribution in [3.8, 4) is 6.07 Å². The predicted octanol–water partition coefficient (Wildman–Crippen LogP) is 0.527. The van der Waals surface area contributed by atoms with Crippen LogP contribution in [0.5, 0.6) is 0 Å². The van der Waals surface area contributed by atoms with Crippen LogP contribution in [0.4, 0.5) is 0 Å². The van der Waals surface area contributed by atoms with Gasteiger partial charge in [0, 0.05) is 6.92 Å². The second-order valence-electron chi connectivity index (χ2n) is 0.224. The molecule has 0 fully saturated rings. The minimum absolute atomic E-state index is 0. The standard InChI is InChI=1S/C2H3N.Co/c1-2-3;/h1H3;/q;+2. The summed E-state index contributed by atoms with van der Waals surface area (Å²) < 4.78 is 0. The maximum absolute atomic E-state index is 7.32. The minimum atomic E-state index is 0. The van der Waals surface area contributed by atoms with E-state index in [-0.39, 0.29) is 16.8 Å². The number of nitriles is 1. The van der Waals surface area contributed by atoms with E-state index in [1.165, 1.54) is 6.92 Å². The third-order valence-electron chi connectivity index (χ3n) is 0. The van der Waals surface area contributed by atoms with Gasteiger partial charge in [0.15, 0.2) is 0 Å². The van der Waals surface area contributed by atoms with E-state index in [4.69, 9.17) is 5.26 Å². The van der Waals surface area contributed by atoms with Crippen molar-refractivity contribution in [3.05, 3.63) is 0 Å². The van der Waals surface area contributed by atoms with Gasteiger partial charge in [-0.1, -0.05) is 0 Å². The molecule has 1 radical (unpaired) electrons. The van der Waals surface area contributed by atoms with Crippen LogP contribution in [0.1, 0.15) is 6.92 Å². The summed E-state index contributed by atoms with van der Waals surface area (Å²) in [7, 11) is 0. The zero-order valence-electron chi connectivity index (χ0n) is 2.28. The largest absolute Gasteiger partial charge is 2.00 e. The van der Waals surface area contributed by atoms with Crippen molar-refractivity contribution < 1.29 is 16.8 Å². The molecule has 0 heterocycles. The van der Waals surface area contributed by atoms with Gasteiger partial charge in [-0.3, -0.25) is 0 Å². The Morgan fingerprint density at radius 2 is 1.75 bits per heavy atom. The summed E-state index contributed by atoms with van der Waals surface area (Å²) in [6.07, 6.45) is 0. The number of hydrogen-bond acceptors (Lipinski definition) is 1. The fraction of sp³-hybridized carbons (Fsp3) is 0.500. The summed E-state index contributed by atoms with van der Waals surface area (Å²) in [6, 6.07) is 1.75. The SMILES string of the molecule is CC#N.[Co+2]. The molecule has 0 saturated heterocycles. The van der Waals surface area contributed by atoms with Crippen molar-refractivity contribution in [3.63, 3.8) is 0 Å². The van der Waals surface area contributed by atoms with Crippen LogP contribution in [0.25, 0.3) is 0 Å². The van der Waals surface area contributed by atoms with Crippen LogP contribution in [0.15, 0.2) is 0 Å². The van der Waals surface area contributed by atoms with Crippen LogP contribution in [0.2, 0.25) is 0 Å². The molecule has 0 bridgehead atoms. The van der Waals surface area contributed by atoms with Gasteiger partial charge in [0.25, 0.3) is 0 Å². The van der Waals surface area contributed by atoms with E-state index in [9.17, 15) is 0 Å². The number of hydrogen-bond donors (Lipinski definition) is 0. The Bertz CT molecular complexity index is 27.5. The molecule has 0 aromatic carbocycles. The molecule has 0 aliphatic carbocycles. The topological polar surface area (TPSA) is 23.8 Å². The van der Waals surface area contributed by atoms with Gasteiger partial charge < -0.3 is 0 Å². The Morgan fingerprint density at radius 3 is 1.75 bits per heavy atom. The molecule has 0 saturated carbocycles. The molecule has 0 atom stereocenters. The Morgan fingerprint density at radius 1 is 1.75 bits per heavy atom. The van der Waals surface area contributed by atoms with Crippen LogP contribution >= 0.6 is 0 Å². The maximum atomic E-state index is 7.32. The average Bonchev–Trinajstić information content (AvgIpc) is 0.918. The first-order chi connectivity index (χ1) is 1.41. The van der Waals surface area contributed by atoms with Gasteiger partial charge in [-0.2, -0.15) is 5.26 Å². The van der Waals surface area contributed by atoms with Gasteiger partial charge in [0.1, 0.15) is 0 Å². The summed E-state index contributed by atoms with van der Waals surface area (Å²) in [4.78, 5) is 0. The van der Waals surface area contributed by atoms with Gasteiger partial charge in [0.05, 0.1) is 6.07 Å². The van der Waals surface area contributed by atoms with Crippen molar-refractivity contribution in [2.75, 3.05) is 0 Å². The van der Waals surface area contributed by atoms with E-state index in [1.807, 2.05) is 0 Å². The molecule has 4 heavy (non-hydrogen) atoms. The molecule has 0 N–H and O–H groups in total. The van der Waals surface area contributed by atoms with E-state index in [1.54, 1.807) is 6.07 Å². The Labute approximate surface area is 35.8 Å². The van der Waals surface area contributed by atoms with Crippen molar-refractivity contribution in [1.29, 1.82) is 5.26 Å². The van der Waals surface area contributed by atoms with Crippen molar-refractivity contribution in [2.24, 2.45) is 0 Å². The fourth-order valence-electron chi connectivity index (χ4n) is 0. The van der Waals surface area contributed by atoms with Crippen molar-refractivity contribution in [1.82, 2.24) is 0 Å². The van der Waals surface area contributed by atoms with Gasteiger partial charge in [-0.25, -0.2) is 0 Å². The molecule has 0 aliphatic heterocycles. The molecule has 0 aliphatic rings. The summed E-state index contributed by atoms with van der Waals surface area (Å²) in [5.74, 6) is 0. The van der Waals surface area contributed by atoms with Crippen molar-refractivity contribution in [2.45, 2.75) is 6.92 Å². The first kappa shape index (κ1) is 9.00. The van der Waals surface area contributed by atoms with Crippen molar-refractivity contribution >= 4 is 0 Å². The number of rotatable bonds is 0. The quantitative estimate of drug-likeness (QED) is 0.435. The summed E-state index contributed by atoms with van der Waals surface area (Å²) >= 11 is 0. The predicted molar refractivity (Wildman–Crippen MR) is 11.3 cm³/mol. The van der Waals surface area contributed by atoms with Crippen LogP contribution < -0.4 is 0 Å². The third kappa shape index (κ3) is 161000. The summed E-state index contributed by atoms with van der Waals surface area (Å²) in [5, 5.41) is 7.32. The molecule has 0 spiro atoms. The Hall–Kier alpha value is -0.00351. The molecular formula is C2H3CoN+2. The number of nitrogens with zero attached hydrogens (tertiary/aromatic N) is 1. The normalized spacial score (nSPS) is 2.00. The Kier molecular flexibility index (Phi) is 27.1. The van der Waals surface area contributed by atoms with Crippen LogP contribution in [-0.4, -0.2) is 0 Å². The summed E-state index contributed by atoms with van der Waals surface area (Å²) in [5.41, 5.74) is 0. The smallest absolute Gasteiger partial charge is 0.199 e. The molecule has 0 aromatic rings. The molecule has 1 nitrogen and oxygen atoms in total. The zero-order chi connectivity index (χ0) is 2.71. The fourth-order valence-corrected chi connectivity index (χ4v) is 0. The molecular weight excluding hydrogens is 97.0 g/mol. The monoisotopic (exact) mass is 100.0 g/mol. The van der Waals surface area contributed by atoms with E-state index in [0.29, 0.717) is 0 Å². The third-order valence-corrected chi connectivity index (χ3v) is 0. The first-order valence-electron chi connectivity index (χ1n) is 0.724. The molecule has 0 aromatic heterocycles. The zero-order valence-corrected chi connectivity index (χ0v) is 3.32. The maximum Gasteiger partial charge on any atom is 2.00 e. The summed E-state index contributed by atoms with van der Waals surface area (Å²) in [6.45, 7) is 1.43. The van der Waals surface area contributed by atoms with Gasteiger partial charge in [-0.05, 0) is 0 Å². The van der Waals surface area contributed by atoms with E-state index in [2.05, 4.69) is 0 Å². The molecule has 0 unspecified atom stereocenters. The molecule has 2 heteroatoms.